The molecule has 0 spiro atoms. The monoisotopic (exact) mass is 340 g/mol. The van der Waals surface area contributed by atoms with Crippen LogP contribution in [0, 0.1) is 10.1 Å². The molecular formula is C13H16ClF3N2O3. The Morgan fingerprint density at radius 3 is 2.27 bits per heavy atom. The molecule has 0 aliphatic heterocycles. The third-order valence-electron chi connectivity index (χ3n) is 2.87. The lowest BCUT2D eigenvalue weighted by Crippen LogP contribution is -2.39. The molecule has 0 aromatic heterocycles. The molecule has 0 atom stereocenters. The topological polar surface area (TPSA) is 66.6 Å². The highest BCUT2D eigenvalue weighted by Gasteiger charge is 2.37. The number of likely N-dealkylation sites (N-methyl/N-ethyl adjacent to an activating group) is 1. The lowest BCUT2D eigenvalue weighted by molar-refractivity contribution is -0.384. The smallest absolute Gasteiger partial charge is 0.389 e. The largest absolute Gasteiger partial charge is 0.418 e. The highest BCUT2D eigenvalue weighted by molar-refractivity contribution is 6.31. The summed E-state index contributed by atoms with van der Waals surface area (Å²) in [6, 6.07) is 1.34. The van der Waals surface area contributed by atoms with Crippen molar-refractivity contribution in [2.45, 2.75) is 32.5 Å². The maximum absolute atomic E-state index is 12.8. The normalized spacial score (nSPS) is 12.4. The average Bonchev–Trinajstić information content (AvgIpc) is 2.32. The number of hydrogen-bond acceptors (Lipinski definition) is 4. The maximum atomic E-state index is 12.8. The summed E-state index contributed by atoms with van der Waals surface area (Å²) in [7, 11) is 0. The molecule has 0 heterocycles. The van der Waals surface area contributed by atoms with Crippen molar-refractivity contribution in [1.82, 2.24) is 0 Å². The second-order valence-corrected chi connectivity index (χ2v) is 5.81. The van der Waals surface area contributed by atoms with Crippen LogP contribution in [0.1, 0.15) is 26.3 Å². The van der Waals surface area contributed by atoms with E-state index in [2.05, 4.69) is 0 Å². The van der Waals surface area contributed by atoms with Crippen LogP contribution in [-0.4, -0.2) is 28.7 Å². The van der Waals surface area contributed by atoms with E-state index in [-0.39, 0.29) is 18.8 Å². The van der Waals surface area contributed by atoms with Crippen LogP contribution < -0.4 is 4.90 Å². The van der Waals surface area contributed by atoms with Gasteiger partial charge in [0.1, 0.15) is 5.69 Å². The van der Waals surface area contributed by atoms with Gasteiger partial charge in [0.25, 0.3) is 5.69 Å². The molecule has 1 aromatic carbocycles. The minimum atomic E-state index is -4.78. The van der Waals surface area contributed by atoms with Gasteiger partial charge in [-0.15, -0.1) is 0 Å². The third-order valence-corrected chi connectivity index (χ3v) is 3.18. The van der Waals surface area contributed by atoms with E-state index in [9.17, 15) is 28.4 Å². The van der Waals surface area contributed by atoms with Crippen LogP contribution in [0.25, 0.3) is 0 Å². The molecular weight excluding hydrogens is 325 g/mol. The Balaban J connectivity index is 3.47. The van der Waals surface area contributed by atoms with Crippen LogP contribution in [0.2, 0.25) is 5.02 Å². The van der Waals surface area contributed by atoms with E-state index < -0.39 is 33.0 Å². The van der Waals surface area contributed by atoms with Crippen LogP contribution in [-0.2, 0) is 6.18 Å². The van der Waals surface area contributed by atoms with Crippen LogP contribution in [0.4, 0.5) is 24.5 Å². The van der Waals surface area contributed by atoms with E-state index in [1.807, 2.05) is 0 Å². The Labute approximate surface area is 130 Å². The molecule has 0 fully saturated rings. The van der Waals surface area contributed by atoms with Crippen molar-refractivity contribution in [1.29, 1.82) is 0 Å². The van der Waals surface area contributed by atoms with Gasteiger partial charge in [-0.05, 0) is 26.8 Å². The van der Waals surface area contributed by atoms with Crippen molar-refractivity contribution in [3.63, 3.8) is 0 Å². The first-order chi connectivity index (χ1) is 9.86. The fourth-order valence-electron chi connectivity index (χ4n) is 2.00. The highest BCUT2D eigenvalue weighted by atomic mass is 35.5. The summed E-state index contributed by atoms with van der Waals surface area (Å²) in [5.41, 5.74) is -3.21. The van der Waals surface area contributed by atoms with Crippen molar-refractivity contribution < 1.29 is 23.2 Å². The van der Waals surface area contributed by atoms with Crippen molar-refractivity contribution in [2.75, 3.05) is 18.0 Å². The van der Waals surface area contributed by atoms with Gasteiger partial charge in [-0.1, -0.05) is 11.6 Å². The molecule has 9 heteroatoms. The quantitative estimate of drug-likeness (QED) is 0.653. The number of hydrogen-bond donors (Lipinski definition) is 1. The van der Waals surface area contributed by atoms with Gasteiger partial charge in [0, 0.05) is 19.2 Å². The van der Waals surface area contributed by atoms with E-state index >= 15 is 0 Å². The van der Waals surface area contributed by atoms with Crippen molar-refractivity contribution in [2.24, 2.45) is 0 Å². The van der Waals surface area contributed by atoms with Gasteiger partial charge in [0.05, 0.1) is 21.1 Å². The molecule has 1 rings (SSSR count). The third kappa shape index (κ3) is 4.48. The maximum Gasteiger partial charge on any atom is 0.418 e. The van der Waals surface area contributed by atoms with Crippen LogP contribution in [0.15, 0.2) is 12.1 Å². The van der Waals surface area contributed by atoms with Gasteiger partial charge in [0.2, 0.25) is 0 Å². The number of nitrogens with zero attached hydrogens (tertiary/aromatic N) is 2. The summed E-state index contributed by atoms with van der Waals surface area (Å²) in [5, 5.41) is 20.3. The summed E-state index contributed by atoms with van der Waals surface area (Å²) in [4.78, 5) is 11.6. The summed E-state index contributed by atoms with van der Waals surface area (Å²) >= 11 is 5.63. The lowest BCUT2D eigenvalue weighted by Gasteiger charge is -2.30. The summed E-state index contributed by atoms with van der Waals surface area (Å²) in [5.74, 6) is 0. The number of anilines is 1. The molecule has 0 bridgehead atoms. The first-order valence-electron chi connectivity index (χ1n) is 6.39. The molecule has 0 amide bonds. The number of benzene rings is 1. The molecule has 0 aliphatic rings. The second-order valence-electron chi connectivity index (χ2n) is 5.40. The molecule has 1 N–H and O–H groups in total. The second kappa shape index (κ2) is 6.29. The molecule has 0 unspecified atom stereocenters. The number of halogens is 4. The summed E-state index contributed by atoms with van der Waals surface area (Å²) < 4.78 is 38.5. The number of nitro groups is 1. The van der Waals surface area contributed by atoms with E-state index in [4.69, 9.17) is 11.6 Å². The fraction of sp³-hybridized carbons (Fsp3) is 0.538. The van der Waals surface area contributed by atoms with Crippen LogP contribution in [0.5, 0.6) is 0 Å². The molecule has 0 radical (unpaired) electrons. The fourth-order valence-corrected chi connectivity index (χ4v) is 2.27. The molecule has 0 saturated heterocycles. The van der Waals surface area contributed by atoms with Gasteiger partial charge in [-0.3, -0.25) is 10.1 Å². The van der Waals surface area contributed by atoms with Gasteiger partial charge in [0.15, 0.2) is 0 Å². The first kappa shape index (κ1) is 18.5. The zero-order chi connectivity index (χ0) is 17.3. The molecule has 22 heavy (non-hydrogen) atoms. The minimum Gasteiger partial charge on any atom is -0.389 e. The SMILES string of the molecule is CCN(CC(C)(C)O)c1cc(Cl)c(C(F)(F)F)cc1[N+](=O)[O-]. The zero-order valence-corrected chi connectivity index (χ0v) is 13.0. The average molecular weight is 341 g/mol. The Bertz CT molecular complexity index is 571. The van der Waals surface area contributed by atoms with Gasteiger partial charge >= 0.3 is 6.18 Å². The lowest BCUT2D eigenvalue weighted by atomic mass is 10.1. The van der Waals surface area contributed by atoms with E-state index in [1.54, 1.807) is 6.92 Å². The number of nitro benzene ring substituents is 1. The molecule has 0 aliphatic carbocycles. The van der Waals surface area contributed by atoms with Crippen molar-refractivity contribution in [3.8, 4) is 0 Å². The standard InChI is InChI=1S/C13H16ClF3N2O3/c1-4-18(7-12(2,3)20)10-6-9(14)8(13(15,16)17)5-11(10)19(21)22/h5-6,20H,4,7H2,1-3H3. The van der Waals surface area contributed by atoms with Crippen LogP contribution in [0.3, 0.4) is 0 Å². The van der Waals surface area contributed by atoms with E-state index in [0.29, 0.717) is 6.07 Å². The predicted molar refractivity (Wildman–Crippen MR) is 77.3 cm³/mol. The molecule has 124 valence electrons. The van der Waals surface area contributed by atoms with Gasteiger partial charge < -0.3 is 10.0 Å². The minimum absolute atomic E-state index is 0.00599. The Morgan fingerprint density at radius 1 is 1.36 bits per heavy atom. The Morgan fingerprint density at radius 2 is 1.91 bits per heavy atom. The number of alkyl halides is 3. The van der Waals surface area contributed by atoms with Crippen molar-refractivity contribution >= 4 is 23.0 Å². The summed E-state index contributed by atoms with van der Waals surface area (Å²) in [6.45, 7) is 4.92. The highest BCUT2D eigenvalue weighted by Crippen LogP contribution is 2.41. The number of aliphatic hydroxyl groups is 1. The van der Waals surface area contributed by atoms with Crippen molar-refractivity contribution in [3.05, 3.63) is 32.8 Å². The zero-order valence-electron chi connectivity index (χ0n) is 12.2. The number of rotatable bonds is 5. The Hall–Kier alpha value is -1.54. The predicted octanol–water partition coefficient (Wildman–Crippen LogP) is 3.86. The van der Waals surface area contributed by atoms with Gasteiger partial charge in [-0.25, -0.2) is 0 Å². The van der Waals surface area contributed by atoms with Crippen LogP contribution >= 0.6 is 11.6 Å². The van der Waals surface area contributed by atoms with E-state index in [1.165, 1.54) is 18.7 Å². The van der Waals surface area contributed by atoms with Gasteiger partial charge in [-0.2, -0.15) is 13.2 Å². The van der Waals surface area contributed by atoms with E-state index in [0.717, 1.165) is 6.07 Å². The first-order valence-corrected chi connectivity index (χ1v) is 6.77. The summed E-state index contributed by atoms with van der Waals surface area (Å²) in [6.07, 6.45) is -4.78. The molecule has 1 aromatic rings. The Kier molecular flexibility index (Phi) is 5.30. The molecule has 0 saturated carbocycles. The molecule has 5 nitrogen and oxygen atoms in total.